The number of nitrogens with two attached hydrogens (primary N) is 2. The van der Waals surface area contributed by atoms with E-state index in [1.165, 1.54) is 19.1 Å². The first-order valence-corrected chi connectivity index (χ1v) is 6.78. The smallest absolute Gasteiger partial charge is 0.294 e. The van der Waals surface area contributed by atoms with Crippen molar-refractivity contribution in [1.29, 1.82) is 0 Å². The maximum absolute atomic E-state index is 11.2. The molecule has 0 aliphatic carbocycles. The summed E-state index contributed by atoms with van der Waals surface area (Å²) in [6, 6.07) is 3.11. The summed E-state index contributed by atoms with van der Waals surface area (Å²) in [5.74, 6) is -0.245. The minimum Gasteiger partial charge on any atom is -0.513 e. The van der Waals surface area contributed by atoms with Crippen molar-refractivity contribution < 1.29 is 18.1 Å². The molecule has 0 heterocycles. The summed E-state index contributed by atoms with van der Waals surface area (Å²) in [5.41, 5.74) is 13.2. The van der Waals surface area contributed by atoms with E-state index in [1.807, 2.05) is 0 Å². The standard InChI is InChI=1S/C12H16N2O4S/c1-7(15)5-10(19(16,17)18)6-9-3-4-11(13)12(14)8(9)2/h3-6,15H,13-14H2,1-2H3,(H,16,17,18)/b7-5+,10-6+. The highest BCUT2D eigenvalue weighted by atomic mass is 32.2. The van der Waals surface area contributed by atoms with E-state index < -0.39 is 15.0 Å². The van der Waals surface area contributed by atoms with Crippen molar-refractivity contribution in [1.82, 2.24) is 0 Å². The lowest BCUT2D eigenvalue weighted by Gasteiger charge is -2.08. The summed E-state index contributed by atoms with van der Waals surface area (Å²) >= 11 is 0. The molecule has 6 N–H and O–H groups in total. The van der Waals surface area contributed by atoms with Crippen LogP contribution in [0.3, 0.4) is 0 Å². The summed E-state index contributed by atoms with van der Waals surface area (Å²) < 4.78 is 31.5. The molecule has 1 aromatic carbocycles. The monoisotopic (exact) mass is 284 g/mol. The van der Waals surface area contributed by atoms with Crippen molar-refractivity contribution in [3.05, 3.63) is 40.0 Å². The van der Waals surface area contributed by atoms with Crippen molar-refractivity contribution in [3.63, 3.8) is 0 Å². The van der Waals surface area contributed by atoms with Crippen molar-refractivity contribution in [3.8, 4) is 0 Å². The normalized spacial score (nSPS) is 13.6. The Balaban J connectivity index is 3.48. The van der Waals surface area contributed by atoms with E-state index >= 15 is 0 Å². The zero-order valence-corrected chi connectivity index (χ0v) is 11.4. The second-order valence-corrected chi connectivity index (χ2v) is 5.51. The zero-order chi connectivity index (χ0) is 14.8. The molecule has 0 fully saturated rings. The quantitative estimate of drug-likeness (QED) is 0.290. The summed E-state index contributed by atoms with van der Waals surface area (Å²) in [6.45, 7) is 2.97. The Labute approximate surface area is 111 Å². The minimum atomic E-state index is -4.45. The summed E-state index contributed by atoms with van der Waals surface area (Å²) in [5, 5.41) is 9.13. The molecule has 7 heteroatoms. The van der Waals surface area contributed by atoms with Crippen molar-refractivity contribution in [2.75, 3.05) is 11.5 Å². The summed E-state index contributed by atoms with van der Waals surface area (Å²) in [6.07, 6.45) is 2.15. The average Bonchev–Trinajstić information content (AvgIpc) is 2.27. The number of anilines is 2. The molecule has 0 saturated heterocycles. The third-order valence-corrected chi connectivity index (χ3v) is 3.37. The van der Waals surface area contributed by atoms with Crippen LogP contribution in [0.1, 0.15) is 18.1 Å². The van der Waals surface area contributed by atoms with Gasteiger partial charge in [0, 0.05) is 0 Å². The number of allylic oxidation sites excluding steroid dienone is 2. The van der Waals surface area contributed by atoms with E-state index in [1.54, 1.807) is 13.0 Å². The van der Waals surface area contributed by atoms with Gasteiger partial charge in [-0.05, 0) is 43.2 Å². The second kappa shape index (κ2) is 5.33. The van der Waals surface area contributed by atoms with Crippen LogP contribution >= 0.6 is 0 Å². The van der Waals surface area contributed by atoms with Crippen LogP contribution in [0.5, 0.6) is 0 Å². The fourth-order valence-corrected chi connectivity index (χ4v) is 2.07. The molecule has 0 radical (unpaired) electrons. The van der Waals surface area contributed by atoms with Crippen molar-refractivity contribution >= 4 is 27.6 Å². The first-order valence-electron chi connectivity index (χ1n) is 5.34. The fraction of sp³-hybridized carbons (Fsp3) is 0.167. The van der Waals surface area contributed by atoms with Crippen molar-refractivity contribution in [2.45, 2.75) is 13.8 Å². The molecule has 0 spiro atoms. The number of hydrogen-bond donors (Lipinski definition) is 4. The van der Waals surface area contributed by atoms with Crippen LogP contribution in [0.2, 0.25) is 0 Å². The minimum absolute atomic E-state index is 0.245. The second-order valence-electron chi connectivity index (χ2n) is 4.09. The van der Waals surface area contributed by atoms with Gasteiger partial charge < -0.3 is 16.6 Å². The van der Waals surface area contributed by atoms with E-state index in [4.69, 9.17) is 21.1 Å². The van der Waals surface area contributed by atoms with Gasteiger partial charge in [0.15, 0.2) is 0 Å². The van der Waals surface area contributed by atoms with E-state index in [-0.39, 0.29) is 5.76 Å². The lowest BCUT2D eigenvalue weighted by Crippen LogP contribution is -2.02. The molecule has 0 saturated carbocycles. The van der Waals surface area contributed by atoms with Crippen LogP contribution in [-0.4, -0.2) is 18.1 Å². The maximum Gasteiger partial charge on any atom is 0.294 e. The molecular formula is C12H16N2O4S. The molecule has 0 atom stereocenters. The molecule has 19 heavy (non-hydrogen) atoms. The number of nitrogen functional groups attached to an aromatic ring is 2. The Morgan fingerprint density at radius 2 is 1.89 bits per heavy atom. The molecule has 1 aromatic rings. The molecule has 1 rings (SSSR count). The first kappa shape index (κ1) is 15.1. The molecule has 0 aliphatic heterocycles. The maximum atomic E-state index is 11.2. The average molecular weight is 284 g/mol. The first-order chi connectivity index (χ1) is 8.62. The number of benzene rings is 1. The molecule has 0 amide bonds. The van der Waals surface area contributed by atoms with Gasteiger partial charge in [0.25, 0.3) is 10.1 Å². The number of rotatable bonds is 3. The largest absolute Gasteiger partial charge is 0.513 e. The summed E-state index contributed by atoms with van der Waals surface area (Å²) in [4.78, 5) is -0.431. The number of aliphatic hydroxyl groups is 1. The molecule has 104 valence electrons. The van der Waals surface area contributed by atoms with Gasteiger partial charge in [0.1, 0.15) is 0 Å². The predicted molar refractivity (Wildman–Crippen MR) is 75.9 cm³/mol. The fourth-order valence-electron chi connectivity index (χ4n) is 1.47. The molecule has 0 aromatic heterocycles. The van der Waals surface area contributed by atoms with E-state index in [0.29, 0.717) is 22.5 Å². The van der Waals surface area contributed by atoms with Gasteiger partial charge in [-0.1, -0.05) is 6.07 Å². The van der Waals surface area contributed by atoms with Crippen LogP contribution in [0.4, 0.5) is 11.4 Å². The molecular weight excluding hydrogens is 268 g/mol. The van der Waals surface area contributed by atoms with Gasteiger partial charge in [0.05, 0.1) is 22.0 Å². The van der Waals surface area contributed by atoms with E-state index in [2.05, 4.69) is 0 Å². The Bertz CT molecular complexity index is 657. The predicted octanol–water partition coefficient (Wildman–Crippen LogP) is 1.85. The van der Waals surface area contributed by atoms with Gasteiger partial charge in [0.2, 0.25) is 0 Å². The van der Waals surface area contributed by atoms with Crippen LogP contribution < -0.4 is 11.5 Å². The lowest BCUT2D eigenvalue weighted by atomic mass is 10.0. The Morgan fingerprint density at radius 1 is 1.32 bits per heavy atom. The number of aliphatic hydroxyl groups excluding tert-OH is 1. The highest BCUT2D eigenvalue weighted by Crippen LogP contribution is 2.25. The molecule has 0 aliphatic rings. The Hall–Kier alpha value is -1.99. The topological polar surface area (TPSA) is 127 Å². The van der Waals surface area contributed by atoms with Crippen LogP contribution in [0.25, 0.3) is 6.08 Å². The zero-order valence-electron chi connectivity index (χ0n) is 10.6. The van der Waals surface area contributed by atoms with Crippen molar-refractivity contribution in [2.24, 2.45) is 0 Å². The summed E-state index contributed by atoms with van der Waals surface area (Å²) in [7, 11) is -4.45. The lowest BCUT2D eigenvalue weighted by molar-refractivity contribution is 0.413. The molecule has 0 unspecified atom stereocenters. The van der Waals surface area contributed by atoms with Gasteiger partial charge in [-0.2, -0.15) is 8.42 Å². The Morgan fingerprint density at radius 3 is 2.37 bits per heavy atom. The highest BCUT2D eigenvalue weighted by Gasteiger charge is 2.13. The third kappa shape index (κ3) is 3.73. The van der Waals surface area contributed by atoms with Gasteiger partial charge in [-0.25, -0.2) is 0 Å². The Kier molecular flexibility index (Phi) is 4.23. The molecule has 0 bridgehead atoms. The van der Waals surface area contributed by atoms with E-state index in [0.717, 1.165) is 6.08 Å². The third-order valence-electron chi connectivity index (χ3n) is 2.54. The SMILES string of the molecule is C/C(O)=C\C(=C/c1ccc(N)c(N)c1C)S(=O)(=O)O. The van der Waals surface area contributed by atoms with Crippen LogP contribution in [0.15, 0.2) is 28.9 Å². The van der Waals surface area contributed by atoms with Gasteiger partial charge in [-0.15, -0.1) is 0 Å². The molecule has 6 nitrogen and oxygen atoms in total. The highest BCUT2D eigenvalue weighted by molar-refractivity contribution is 7.90. The van der Waals surface area contributed by atoms with Gasteiger partial charge >= 0.3 is 0 Å². The number of hydrogen-bond acceptors (Lipinski definition) is 5. The van der Waals surface area contributed by atoms with Crippen LogP contribution in [0, 0.1) is 6.92 Å². The van der Waals surface area contributed by atoms with Crippen LogP contribution in [-0.2, 0) is 10.1 Å². The van der Waals surface area contributed by atoms with E-state index in [9.17, 15) is 8.42 Å². The van der Waals surface area contributed by atoms with Gasteiger partial charge in [-0.3, -0.25) is 4.55 Å².